The van der Waals surface area contributed by atoms with Crippen molar-refractivity contribution in [3.63, 3.8) is 0 Å². The molecular formula is C18H20N2O3. The fraction of sp³-hybridized carbons (Fsp3) is 0.222. The fourth-order valence-electron chi connectivity index (χ4n) is 1.96. The number of methoxy groups -OCH3 is 1. The van der Waals surface area contributed by atoms with Gasteiger partial charge < -0.3 is 9.47 Å². The highest BCUT2D eigenvalue weighted by atomic mass is 16.5. The number of rotatable bonds is 6. The second-order valence-electron chi connectivity index (χ2n) is 5.14. The molecule has 0 heterocycles. The van der Waals surface area contributed by atoms with Gasteiger partial charge in [-0.05, 0) is 55.8 Å². The SMILES string of the molecule is COc1ccccc1C(=O)N/N=C/c1ccc(OC(C)C)cc1. The summed E-state index contributed by atoms with van der Waals surface area (Å²) < 4.78 is 10.7. The Morgan fingerprint density at radius 1 is 1.13 bits per heavy atom. The van der Waals surface area contributed by atoms with Gasteiger partial charge in [0.2, 0.25) is 0 Å². The highest BCUT2D eigenvalue weighted by Gasteiger charge is 2.09. The number of para-hydroxylation sites is 1. The second-order valence-corrected chi connectivity index (χ2v) is 5.14. The predicted molar refractivity (Wildman–Crippen MR) is 90.3 cm³/mol. The van der Waals surface area contributed by atoms with E-state index in [0.717, 1.165) is 11.3 Å². The summed E-state index contributed by atoms with van der Waals surface area (Å²) in [5, 5.41) is 3.96. The van der Waals surface area contributed by atoms with E-state index in [0.29, 0.717) is 11.3 Å². The molecule has 5 nitrogen and oxygen atoms in total. The van der Waals surface area contributed by atoms with Crippen molar-refractivity contribution < 1.29 is 14.3 Å². The predicted octanol–water partition coefficient (Wildman–Crippen LogP) is 3.25. The van der Waals surface area contributed by atoms with Crippen LogP contribution >= 0.6 is 0 Å². The average Bonchev–Trinajstić information content (AvgIpc) is 2.55. The standard InChI is InChI=1S/C18H20N2O3/c1-13(2)23-15-10-8-14(9-11-15)12-19-20-18(21)16-6-4-5-7-17(16)22-3/h4-13H,1-3H3,(H,20,21)/b19-12+. The molecule has 0 aromatic heterocycles. The molecule has 0 fully saturated rings. The van der Waals surface area contributed by atoms with Crippen molar-refractivity contribution in [3.05, 3.63) is 59.7 Å². The van der Waals surface area contributed by atoms with Crippen LogP contribution in [-0.4, -0.2) is 25.3 Å². The van der Waals surface area contributed by atoms with Crippen LogP contribution in [0.5, 0.6) is 11.5 Å². The monoisotopic (exact) mass is 312 g/mol. The first kappa shape index (κ1) is 16.5. The number of hydrogen-bond donors (Lipinski definition) is 1. The first-order valence-electron chi connectivity index (χ1n) is 7.33. The lowest BCUT2D eigenvalue weighted by Gasteiger charge is -2.09. The van der Waals surface area contributed by atoms with Crippen LogP contribution in [0.4, 0.5) is 0 Å². The number of carbonyl (C=O) groups excluding carboxylic acids is 1. The highest BCUT2D eigenvalue weighted by Crippen LogP contribution is 2.16. The van der Waals surface area contributed by atoms with Gasteiger partial charge in [0, 0.05) is 0 Å². The maximum absolute atomic E-state index is 12.1. The van der Waals surface area contributed by atoms with Crippen LogP contribution in [-0.2, 0) is 0 Å². The smallest absolute Gasteiger partial charge is 0.275 e. The van der Waals surface area contributed by atoms with Crippen LogP contribution in [0, 0.1) is 0 Å². The summed E-state index contributed by atoms with van der Waals surface area (Å²) in [5.41, 5.74) is 3.79. The first-order valence-corrected chi connectivity index (χ1v) is 7.33. The normalized spacial score (nSPS) is 10.8. The minimum absolute atomic E-state index is 0.134. The van der Waals surface area contributed by atoms with E-state index in [-0.39, 0.29) is 12.0 Å². The molecule has 0 atom stereocenters. The summed E-state index contributed by atoms with van der Waals surface area (Å²) in [4.78, 5) is 12.1. The van der Waals surface area contributed by atoms with Gasteiger partial charge in [0.1, 0.15) is 11.5 Å². The third-order valence-corrected chi connectivity index (χ3v) is 2.98. The Labute approximate surface area is 135 Å². The van der Waals surface area contributed by atoms with E-state index in [1.165, 1.54) is 7.11 Å². The Morgan fingerprint density at radius 2 is 1.83 bits per heavy atom. The van der Waals surface area contributed by atoms with E-state index in [1.54, 1.807) is 30.5 Å². The molecule has 5 heteroatoms. The summed E-state index contributed by atoms with van der Waals surface area (Å²) in [6.07, 6.45) is 1.71. The van der Waals surface area contributed by atoms with Crippen molar-refractivity contribution in [2.24, 2.45) is 5.10 Å². The molecule has 2 aromatic carbocycles. The lowest BCUT2D eigenvalue weighted by atomic mass is 10.2. The van der Waals surface area contributed by atoms with Crippen molar-refractivity contribution >= 4 is 12.1 Å². The highest BCUT2D eigenvalue weighted by molar-refractivity contribution is 5.97. The van der Waals surface area contributed by atoms with E-state index in [9.17, 15) is 4.79 Å². The van der Waals surface area contributed by atoms with Crippen molar-refractivity contribution in [1.82, 2.24) is 5.43 Å². The number of hydrazone groups is 1. The van der Waals surface area contributed by atoms with E-state index >= 15 is 0 Å². The Bertz CT molecular complexity index is 679. The number of hydrogen-bond acceptors (Lipinski definition) is 4. The zero-order chi connectivity index (χ0) is 16.7. The van der Waals surface area contributed by atoms with E-state index < -0.39 is 0 Å². The largest absolute Gasteiger partial charge is 0.496 e. The number of nitrogens with one attached hydrogen (secondary N) is 1. The molecule has 0 saturated carbocycles. The zero-order valence-corrected chi connectivity index (χ0v) is 13.4. The van der Waals surface area contributed by atoms with E-state index in [4.69, 9.17) is 9.47 Å². The van der Waals surface area contributed by atoms with Crippen LogP contribution in [0.3, 0.4) is 0 Å². The Hall–Kier alpha value is -2.82. The van der Waals surface area contributed by atoms with Crippen LogP contribution in [0.25, 0.3) is 0 Å². The number of amides is 1. The van der Waals surface area contributed by atoms with Gasteiger partial charge in [0.05, 0.1) is 25.0 Å². The molecule has 0 radical (unpaired) electrons. The fourth-order valence-corrected chi connectivity index (χ4v) is 1.96. The van der Waals surface area contributed by atoms with E-state index in [2.05, 4.69) is 10.5 Å². The number of ether oxygens (including phenoxy) is 2. The van der Waals surface area contributed by atoms with Crippen molar-refractivity contribution in [1.29, 1.82) is 0 Å². The summed E-state index contributed by atoms with van der Waals surface area (Å²) >= 11 is 0. The molecular weight excluding hydrogens is 292 g/mol. The third kappa shape index (κ3) is 4.85. The molecule has 0 aliphatic rings. The maximum Gasteiger partial charge on any atom is 0.275 e. The molecule has 1 N–H and O–H groups in total. The number of nitrogens with zero attached hydrogens (tertiary/aromatic N) is 1. The molecule has 2 aromatic rings. The van der Waals surface area contributed by atoms with Gasteiger partial charge in [0.15, 0.2) is 0 Å². The van der Waals surface area contributed by atoms with Gasteiger partial charge in [-0.15, -0.1) is 0 Å². The molecule has 120 valence electrons. The van der Waals surface area contributed by atoms with Crippen molar-refractivity contribution in [2.75, 3.05) is 7.11 Å². The van der Waals surface area contributed by atoms with Gasteiger partial charge in [-0.25, -0.2) is 5.43 Å². The molecule has 0 unspecified atom stereocenters. The van der Waals surface area contributed by atoms with Crippen molar-refractivity contribution in [3.8, 4) is 11.5 Å². The third-order valence-electron chi connectivity index (χ3n) is 2.98. The van der Waals surface area contributed by atoms with Crippen molar-refractivity contribution in [2.45, 2.75) is 20.0 Å². The molecule has 0 bridgehead atoms. The summed E-state index contributed by atoms with van der Waals surface area (Å²) in [6.45, 7) is 3.95. The molecule has 0 saturated heterocycles. The Balaban J connectivity index is 1.97. The summed E-state index contributed by atoms with van der Waals surface area (Å²) in [6, 6.07) is 14.5. The number of carbonyl (C=O) groups is 1. The van der Waals surface area contributed by atoms with Crippen LogP contribution in [0.1, 0.15) is 29.8 Å². The number of benzene rings is 2. The lowest BCUT2D eigenvalue weighted by molar-refractivity contribution is 0.0952. The Kier molecular flexibility index (Phi) is 5.74. The molecule has 0 aliphatic carbocycles. The minimum Gasteiger partial charge on any atom is -0.496 e. The molecule has 2 rings (SSSR count). The zero-order valence-electron chi connectivity index (χ0n) is 13.4. The Morgan fingerprint density at radius 3 is 2.48 bits per heavy atom. The van der Waals surface area contributed by atoms with Gasteiger partial charge in [-0.1, -0.05) is 12.1 Å². The topological polar surface area (TPSA) is 59.9 Å². The molecule has 1 amide bonds. The van der Waals surface area contributed by atoms with Gasteiger partial charge in [-0.2, -0.15) is 5.10 Å². The molecule has 0 aliphatic heterocycles. The van der Waals surface area contributed by atoms with Gasteiger partial charge >= 0.3 is 0 Å². The minimum atomic E-state index is -0.321. The van der Waals surface area contributed by atoms with Crippen LogP contribution in [0.15, 0.2) is 53.6 Å². The maximum atomic E-state index is 12.1. The molecule has 0 spiro atoms. The summed E-state index contributed by atoms with van der Waals surface area (Å²) in [5.74, 6) is 0.990. The van der Waals surface area contributed by atoms with Crippen LogP contribution in [0.2, 0.25) is 0 Å². The lowest BCUT2D eigenvalue weighted by Crippen LogP contribution is -2.18. The average molecular weight is 312 g/mol. The van der Waals surface area contributed by atoms with Gasteiger partial charge in [-0.3, -0.25) is 4.79 Å². The quantitative estimate of drug-likeness (QED) is 0.658. The summed E-state index contributed by atoms with van der Waals surface area (Å²) in [7, 11) is 1.52. The van der Waals surface area contributed by atoms with Crippen LogP contribution < -0.4 is 14.9 Å². The van der Waals surface area contributed by atoms with E-state index in [1.807, 2.05) is 38.1 Å². The molecule has 23 heavy (non-hydrogen) atoms. The first-order chi connectivity index (χ1) is 11.1. The second kappa shape index (κ2) is 7.98. The van der Waals surface area contributed by atoms with Gasteiger partial charge in [0.25, 0.3) is 5.91 Å².